The van der Waals surface area contributed by atoms with Gasteiger partial charge in [-0.1, -0.05) is 85.6 Å². The van der Waals surface area contributed by atoms with Gasteiger partial charge >= 0.3 is 0 Å². The first-order chi connectivity index (χ1) is 21.5. The molecule has 2 saturated carbocycles. The van der Waals surface area contributed by atoms with Crippen LogP contribution in [0.2, 0.25) is 0 Å². The van der Waals surface area contributed by atoms with Crippen molar-refractivity contribution in [1.82, 2.24) is 0 Å². The molecular weight excluding hydrogens is 580 g/mol. The molecule has 46 heavy (non-hydrogen) atoms. The molecule has 3 aliphatic carbocycles. The molecule has 0 heterocycles. The van der Waals surface area contributed by atoms with Crippen molar-refractivity contribution in [3.05, 3.63) is 52.6 Å². The van der Waals surface area contributed by atoms with Gasteiger partial charge in [-0.25, -0.2) is 0 Å². The molecule has 2 fully saturated rings. The quantitative estimate of drug-likeness (QED) is 0.329. The molecule has 0 radical (unpaired) electrons. The zero-order chi connectivity index (χ0) is 34.1. The van der Waals surface area contributed by atoms with Gasteiger partial charge < -0.3 is 10.2 Å². The van der Waals surface area contributed by atoms with Crippen molar-refractivity contribution in [2.75, 3.05) is 0 Å². The maximum atomic E-state index is 14.6. The minimum absolute atomic E-state index is 0.0352. The smallest absolute Gasteiger partial charge is 0.190 e. The minimum Gasteiger partial charge on any atom is -0.507 e. The van der Waals surface area contributed by atoms with Crippen molar-refractivity contribution in [1.29, 1.82) is 0 Å². The molecule has 2 aromatic carbocycles. The fourth-order valence-electron chi connectivity index (χ4n) is 9.61. The van der Waals surface area contributed by atoms with E-state index in [0.717, 1.165) is 49.3 Å². The van der Waals surface area contributed by atoms with Crippen molar-refractivity contribution >= 4 is 28.9 Å². The van der Waals surface area contributed by atoms with Gasteiger partial charge in [0.25, 0.3) is 0 Å². The summed E-state index contributed by atoms with van der Waals surface area (Å²) in [6.07, 6.45) is 4.08. The summed E-state index contributed by atoms with van der Waals surface area (Å²) in [5.41, 5.74) is -0.547. The van der Waals surface area contributed by atoms with Crippen LogP contribution in [-0.4, -0.2) is 44.7 Å². The van der Waals surface area contributed by atoms with E-state index < -0.39 is 63.1 Å². The van der Waals surface area contributed by atoms with E-state index in [1.807, 2.05) is 13.0 Å². The second-order valence-electron chi connectivity index (χ2n) is 15.0. The van der Waals surface area contributed by atoms with Crippen LogP contribution in [0.3, 0.4) is 0 Å². The normalized spacial score (nSPS) is 30.8. The highest BCUT2D eigenvalue weighted by molar-refractivity contribution is 6.32. The molecule has 246 valence electrons. The first-order valence-corrected chi connectivity index (χ1v) is 16.9. The molecule has 2 aromatic rings. The van der Waals surface area contributed by atoms with E-state index in [9.17, 15) is 34.2 Å². The number of hydrogen-bond acceptors (Lipinski definition) is 7. The summed E-state index contributed by atoms with van der Waals surface area (Å²) in [7, 11) is 0. The van der Waals surface area contributed by atoms with E-state index >= 15 is 0 Å². The van der Waals surface area contributed by atoms with Crippen LogP contribution in [0.4, 0.5) is 0 Å². The lowest BCUT2D eigenvalue weighted by Crippen LogP contribution is -2.76. The molecular formula is C39H48O7. The van der Waals surface area contributed by atoms with Gasteiger partial charge in [-0.2, -0.15) is 0 Å². The second-order valence-corrected chi connectivity index (χ2v) is 15.0. The molecule has 0 spiro atoms. The number of ketones is 5. The number of hydrogen-bond donors (Lipinski definition) is 2. The number of fused-ring (bicyclic) bond motifs is 3. The number of aryl methyl sites for hydroxylation is 1. The van der Waals surface area contributed by atoms with E-state index in [-0.39, 0.29) is 30.1 Å². The van der Waals surface area contributed by atoms with Crippen LogP contribution in [0.5, 0.6) is 5.75 Å². The van der Waals surface area contributed by atoms with Crippen LogP contribution in [0.15, 0.2) is 30.3 Å². The average Bonchev–Trinajstić information content (AvgIpc) is 2.97. The van der Waals surface area contributed by atoms with E-state index in [4.69, 9.17) is 0 Å². The van der Waals surface area contributed by atoms with Crippen molar-refractivity contribution in [3.8, 4) is 16.9 Å². The zero-order valence-corrected chi connectivity index (χ0v) is 28.5. The number of phenols is 1. The van der Waals surface area contributed by atoms with Crippen LogP contribution in [0.1, 0.15) is 102 Å². The molecule has 0 aromatic heterocycles. The van der Waals surface area contributed by atoms with Crippen molar-refractivity contribution in [2.24, 2.45) is 40.4 Å². The van der Waals surface area contributed by atoms with Gasteiger partial charge in [-0.05, 0) is 83.7 Å². The molecule has 2 N–H and O–H groups in total. The zero-order valence-electron chi connectivity index (χ0n) is 28.5. The van der Waals surface area contributed by atoms with Gasteiger partial charge in [0.1, 0.15) is 17.5 Å². The number of benzene rings is 2. The van der Waals surface area contributed by atoms with Crippen LogP contribution in [-0.2, 0) is 38.4 Å². The molecule has 0 amide bonds. The van der Waals surface area contributed by atoms with Gasteiger partial charge in [-0.15, -0.1) is 0 Å². The number of carbonyl (C=O) groups is 5. The lowest BCUT2D eigenvalue weighted by Gasteiger charge is -2.61. The Labute approximate surface area is 272 Å². The average molecular weight is 629 g/mol. The van der Waals surface area contributed by atoms with E-state index in [0.29, 0.717) is 11.5 Å². The Balaban J connectivity index is 1.72. The number of carbonyl (C=O) groups excluding carboxylic acids is 5. The Bertz CT molecular complexity index is 1650. The van der Waals surface area contributed by atoms with Crippen molar-refractivity contribution in [2.45, 2.75) is 99.5 Å². The Morgan fingerprint density at radius 2 is 1.61 bits per heavy atom. The highest BCUT2D eigenvalue weighted by Crippen LogP contribution is 2.64. The van der Waals surface area contributed by atoms with E-state index in [1.165, 1.54) is 11.6 Å². The van der Waals surface area contributed by atoms with Crippen LogP contribution in [0.25, 0.3) is 11.1 Å². The highest BCUT2D eigenvalue weighted by atomic mass is 16.3. The van der Waals surface area contributed by atoms with E-state index in [1.54, 1.807) is 20.8 Å². The minimum atomic E-state index is -2.70. The Kier molecular flexibility index (Phi) is 8.59. The monoisotopic (exact) mass is 628 g/mol. The highest BCUT2D eigenvalue weighted by Gasteiger charge is 2.76. The fourth-order valence-corrected chi connectivity index (χ4v) is 9.61. The van der Waals surface area contributed by atoms with Crippen LogP contribution >= 0.6 is 0 Å². The maximum absolute atomic E-state index is 14.6. The molecule has 3 unspecified atom stereocenters. The number of aliphatic hydroxyl groups is 1. The maximum Gasteiger partial charge on any atom is 0.190 e. The molecule has 7 heteroatoms. The van der Waals surface area contributed by atoms with Crippen molar-refractivity contribution < 1.29 is 34.2 Å². The Hall–Kier alpha value is -3.45. The second kappa shape index (κ2) is 11.7. The van der Waals surface area contributed by atoms with Crippen LogP contribution in [0, 0.1) is 40.4 Å². The SMILES string of the molecule is CCc1ccc(CC(CC)CC)cc1-c1ccc(O)c2c1C[C@]1(C)C[C@]3(C)C(C(C)C)C(=O)C(C(C)=O)C(=O)[C@]3(O)C(=O)C1C2=O. The summed E-state index contributed by atoms with van der Waals surface area (Å²) >= 11 is 0. The Morgan fingerprint density at radius 3 is 2.17 bits per heavy atom. The van der Waals surface area contributed by atoms with Crippen molar-refractivity contribution in [3.63, 3.8) is 0 Å². The third-order valence-electron chi connectivity index (χ3n) is 11.8. The summed E-state index contributed by atoms with van der Waals surface area (Å²) in [5.74, 6) is -8.28. The van der Waals surface area contributed by atoms with Gasteiger partial charge in [0, 0.05) is 11.3 Å². The predicted octanol–water partition coefficient (Wildman–Crippen LogP) is 6.30. The topological polar surface area (TPSA) is 126 Å². The Morgan fingerprint density at radius 1 is 0.957 bits per heavy atom. The van der Waals surface area contributed by atoms with Gasteiger partial charge in [0.05, 0.1) is 11.5 Å². The summed E-state index contributed by atoms with van der Waals surface area (Å²) < 4.78 is 0. The predicted molar refractivity (Wildman–Crippen MR) is 176 cm³/mol. The third-order valence-corrected chi connectivity index (χ3v) is 11.8. The van der Waals surface area contributed by atoms with Gasteiger partial charge in [-0.3, -0.25) is 24.0 Å². The molecule has 0 saturated heterocycles. The molecule has 6 atom stereocenters. The van der Waals surface area contributed by atoms with E-state index in [2.05, 4.69) is 39.0 Å². The molecule has 7 nitrogen and oxygen atoms in total. The number of aromatic hydroxyl groups is 1. The number of phenolic OH excluding ortho intramolecular Hbond substituents is 1. The lowest BCUT2D eigenvalue weighted by molar-refractivity contribution is -0.205. The number of rotatable bonds is 8. The first kappa shape index (κ1) is 33.9. The lowest BCUT2D eigenvalue weighted by atomic mass is 9.40. The third kappa shape index (κ3) is 4.67. The largest absolute Gasteiger partial charge is 0.507 e. The summed E-state index contributed by atoms with van der Waals surface area (Å²) in [6, 6.07) is 9.80. The summed E-state index contributed by atoms with van der Waals surface area (Å²) in [5, 5.41) is 23.4. The van der Waals surface area contributed by atoms with Crippen LogP contribution < -0.4 is 0 Å². The first-order valence-electron chi connectivity index (χ1n) is 16.9. The number of Topliss-reactive ketones (excluding diaryl/α,β-unsaturated/α-hetero) is 5. The van der Waals surface area contributed by atoms with Gasteiger partial charge in [0.2, 0.25) is 0 Å². The summed E-state index contributed by atoms with van der Waals surface area (Å²) in [6.45, 7) is 14.6. The molecule has 0 aliphatic heterocycles. The summed E-state index contributed by atoms with van der Waals surface area (Å²) in [4.78, 5) is 69.4. The molecule has 3 aliphatic rings. The molecule has 0 bridgehead atoms. The standard InChI is InChI=1S/C39H48O7/c1-9-22(10-2)16-23-12-13-24(11-3)26(17-23)25-14-15-28(41)30-27(25)18-37(7)19-38(8)31(20(4)5)33(42)29(21(6)40)35(44)39(38,46)36(45)32(37)34(30)43/h12-15,17,20,22,29,31-32,41,46H,9-11,16,18-19H2,1-8H3/t29?,31?,32?,37-,38-,39+/m1/s1. The fraction of sp³-hybridized carbons (Fsp3) is 0.564. The molecule has 5 rings (SSSR count). The van der Waals surface area contributed by atoms with Gasteiger partial charge in [0.15, 0.2) is 28.7 Å².